The van der Waals surface area contributed by atoms with E-state index >= 15 is 0 Å². The average Bonchev–Trinajstić information content (AvgIpc) is 3.25. The number of benzene rings is 1. The molecule has 4 rings (SSSR count). The molecule has 3 amide bonds. The predicted octanol–water partition coefficient (Wildman–Crippen LogP) is 0.350. The number of amides is 3. The number of carbonyl (C=O) groups excluding carboxylic acids is 3. The Labute approximate surface area is 191 Å². The van der Waals surface area contributed by atoms with Crippen molar-refractivity contribution in [3.05, 3.63) is 35.9 Å². The SMILES string of the molecule is CC1(C)O[C@@H]2O[C@H](C(=O)NNC(=O)CCNC(=O)c3ccccc3)[C@@H]3OC(C)(C)O[C@H]3[C@@H]2O1. The van der Waals surface area contributed by atoms with Crippen molar-refractivity contribution in [1.29, 1.82) is 0 Å². The van der Waals surface area contributed by atoms with E-state index in [1.807, 2.05) is 6.07 Å². The largest absolute Gasteiger partial charge is 0.352 e. The van der Waals surface area contributed by atoms with Crippen LogP contribution in [0.15, 0.2) is 30.3 Å². The lowest BCUT2D eigenvalue weighted by Crippen LogP contribution is -2.61. The summed E-state index contributed by atoms with van der Waals surface area (Å²) < 4.78 is 29.4. The van der Waals surface area contributed by atoms with Gasteiger partial charge in [-0.25, -0.2) is 0 Å². The van der Waals surface area contributed by atoms with Crippen LogP contribution in [0, 0.1) is 0 Å². The highest BCUT2D eigenvalue weighted by Crippen LogP contribution is 2.44. The summed E-state index contributed by atoms with van der Waals surface area (Å²) in [6.45, 7) is 7.08. The molecule has 11 heteroatoms. The molecule has 0 radical (unpaired) electrons. The third kappa shape index (κ3) is 5.33. The lowest BCUT2D eigenvalue weighted by molar-refractivity contribution is -0.231. The molecule has 3 aliphatic rings. The average molecular weight is 463 g/mol. The molecule has 0 aliphatic carbocycles. The van der Waals surface area contributed by atoms with Gasteiger partial charge >= 0.3 is 0 Å². The summed E-state index contributed by atoms with van der Waals surface area (Å²) in [5.41, 5.74) is 5.18. The zero-order valence-corrected chi connectivity index (χ0v) is 19.0. The Kier molecular flexibility index (Phi) is 6.43. The molecule has 33 heavy (non-hydrogen) atoms. The highest BCUT2D eigenvalue weighted by molar-refractivity contribution is 5.94. The molecule has 0 unspecified atom stereocenters. The summed E-state index contributed by atoms with van der Waals surface area (Å²) in [6.07, 6.45) is -3.83. The molecule has 5 atom stereocenters. The Morgan fingerprint density at radius 2 is 1.48 bits per heavy atom. The molecule has 11 nitrogen and oxygen atoms in total. The van der Waals surface area contributed by atoms with E-state index in [9.17, 15) is 14.4 Å². The number of hydrogen-bond acceptors (Lipinski definition) is 8. The van der Waals surface area contributed by atoms with Crippen molar-refractivity contribution >= 4 is 17.7 Å². The zero-order chi connectivity index (χ0) is 23.8. The van der Waals surface area contributed by atoms with Crippen LogP contribution in [-0.2, 0) is 33.3 Å². The summed E-state index contributed by atoms with van der Waals surface area (Å²) in [7, 11) is 0. The maximum atomic E-state index is 12.8. The molecular formula is C22H29N3O8. The first-order valence-corrected chi connectivity index (χ1v) is 10.8. The van der Waals surface area contributed by atoms with Gasteiger partial charge in [0.05, 0.1) is 0 Å². The molecule has 3 fully saturated rings. The molecule has 180 valence electrons. The molecule has 1 aromatic rings. The van der Waals surface area contributed by atoms with Crippen molar-refractivity contribution in [3.63, 3.8) is 0 Å². The number of carbonyl (C=O) groups is 3. The van der Waals surface area contributed by atoms with Crippen LogP contribution in [0.5, 0.6) is 0 Å². The van der Waals surface area contributed by atoms with Crippen molar-refractivity contribution in [3.8, 4) is 0 Å². The second kappa shape index (κ2) is 8.99. The van der Waals surface area contributed by atoms with E-state index in [4.69, 9.17) is 23.7 Å². The van der Waals surface area contributed by atoms with E-state index in [0.29, 0.717) is 5.56 Å². The monoisotopic (exact) mass is 463 g/mol. The Balaban J connectivity index is 1.28. The summed E-state index contributed by atoms with van der Waals surface area (Å²) >= 11 is 0. The van der Waals surface area contributed by atoms with Crippen LogP contribution >= 0.6 is 0 Å². The smallest absolute Gasteiger partial charge is 0.270 e. The fraction of sp³-hybridized carbons (Fsp3) is 0.591. The van der Waals surface area contributed by atoms with Crippen molar-refractivity contribution < 1.29 is 38.1 Å². The lowest BCUT2D eigenvalue weighted by Gasteiger charge is -2.36. The van der Waals surface area contributed by atoms with E-state index in [-0.39, 0.29) is 18.9 Å². The Morgan fingerprint density at radius 1 is 0.848 bits per heavy atom. The molecule has 3 aliphatic heterocycles. The van der Waals surface area contributed by atoms with Crippen LogP contribution < -0.4 is 16.2 Å². The van der Waals surface area contributed by atoms with Crippen LogP contribution in [-0.4, -0.2) is 66.5 Å². The number of hydrogen-bond donors (Lipinski definition) is 3. The molecule has 3 saturated heterocycles. The van der Waals surface area contributed by atoms with Crippen molar-refractivity contribution in [1.82, 2.24) is 16.2 Å². The first kappa shape index (κ1) is 23.6. The van der Waals surface area contributed by atoms with Crippen LogP contribution in [0.25, 0.3) is 0 Å². The standard InChI is InChI=1S/C22H29N3O8/c1-21(2)30-14-15(31-21)17-20(33-22(3,4)32-17)29-16(14)19(28)25-24-13(26)10-11-23-18(27)12-8-6-5-7-9-12/h5-9,14-17,20H,10-11H2,1-4H3,(H,23,27)(H,24,26)(H,25,28)/t14-,15-,16+,17+,20+/m1/s1. The Morgan fingerprint density at radius 3 is 2.21 bits per heavy atom. The fourth-order valence-corrected chi connectivity index (χ4v) is 4.07. The van der Waals surface area contributed by atoms with Gasteiger partial charge in [-0.2, -0.15) is 0 Å². The van der Waals surface area contributed by atoms with Gasteiger partial charge in [-0.1, -0.05) is 18.2 Å². The van der Waals surface area contributed by atoms with Gasteiger partial charge in [0, 0.05) is 18.5 Å². The van der Waals surface area contributed by atoms with Crippen LogP contribution in [0.1, 0.15) is 44.5 Å². The first-order valence-electron chi connectivity index (χ1n) is 10.8. The molecule has 3 N–H and O–H groups in total. The zero-order valence-electron chi connectivity index (χ0n) is 19.0. The van der Waals surface area contributed by atoms with Crippen LogP contribution in [0.2, 0.25) is 0 Å². The molecule has 3 heterocycles. The van der Waals surface area contributed by atoms with Gasteiger partial charge in [0.15, 0.2) is 24.0 Å². The highest BCUT2D eigenvalue weighted by atomic mass is 16.9. The second-order valence-electron chi connectivity index (χ2n) is 9.00. The third-order valence-electron chi connectivity index (χ3n) is 5.41. The molecular weight excluding hydrogens is 434 g/mol. The van der Waals surface area contributed by atoms with E-state index in [1.165, 1.54) is 0 Å². The molecule has 0 bridgehead atoms. The number of rotatable bonds is 5. The van der Waals surface area contributed by atoms with E-state index < -0.39 is 54.1 Å². The number of ether oxygens (including phenoxy) is 5. The van der Waals surface area contributed by atoms with Gasteiger partial charge in [-0.05, 0) is 39.8 Å². The van der Waals surface area contributed by atoms with Crippen LogP contribution in [0.4, 0.5) is 0 Å². The second-order valence-corrected chi connectivity index (χ2v) is 9.00. The lowest BCUT2D eigenvalue weighted by atomic mass is 9.98. The van der Waals surface area contributed by atoms with Crippen molar-refractivity contribution in [2.45, 2.75) is 76.4 Å². The maximum Gasteiger partial charge on any atom is 0.270 e. The highest BCUT2D eigenvalue weighted by Gasteiger charge is 2.62. The molecule has 0 spiro atoms. The molecule has 0 aromatic heterocycles. The minimum atomic E-state index is -1.09. The third-order valence-corrected chi connectivity index (χ3v) is 5.41. The normalized spacial score (nSPS) is 31.2. The summed E-state index contributed by atoms with van der Waals surface area (Å²) in [4.78, 5) is 37.0. The number of fused-ring (bicyclic) bond motifs is 3. The van der Waals surface area contributed by atoms with E-state index in [2.05, 4.69) is 16.2 Å². The Bertz CT molecular complexity index is 906. The quantitative estimate of drug-likeness (QED) is 0.533. The van der Waals surface area contributed by atoms with Crippen LogP contribution in [0.3, 0.4) is 0 Å². The van der Waals surface area contributed by atoms with Gasteiger partial charge in [0.1, 0.15) is 18.3 Å². The van der Waals surface area contributed by atoms with Gasteiger partial charge < -0.3 is 29.0 Å². The Hall–Kier alpha value is -2.57. The maximum absolute atomic E-state index is 12.8. The molecule has 1 aromatic carbocycles. The van der Waals surface area contributed by atoms with Gasteiger partial charge in [-0.15, -0.1) is 0 Å². The predicted molar refractivity (Wildman–Crippen MR) is 112 cm³/mol. The first-order chi connectivity index (χ1) is 15.5. The minimum absolute atomic E-state index is 0.0289. The summed E-state index contributed by atoms with van der Waals surface area (Å²) in [5, 5.41) is 2.65. The van der Waals surface area contributed by atoms with E-state index in [0.717, 1.165) is 0 Å². The number of nitrogens with one attached hydrogen (secondary N) is 3. The van der Waals surface area contributed by atoms with Gasteiger partial charge in [0.2, 0.25) is 5.91 Å². The van der Waals surface area contributed by atoms with Crippen molar-refractivity contribution in [2.75, 3.05) is 6.54 Å². The minimum Gasteiger partial charge on any atom is -0.352 e. The van der Waals surface area contributed by atoms with Crippen molar-refractivity contribution in [2.24, 2.45) is 0 Å². The van der Waals surface area contributed by atoms with E-state index in [1.54, 1.807) is 52.0 Å². The molecule has 0 saturated carbocycles. The topological polar surface area (TPSA) is 133 Å². The van der Waals surface area contributed by atoms with Gasteiger partial charge in [0.25, 0.3) is 11.8 Å². The fourth-order valence-electron chi connectivity index (χ4n) is 4.07. The summed E-state index contributed by atoms with van der Waals surface area (Å²) in [5.74, 6) is -3.22. The number of hydrazine groups is 1. The van der Waals surface area contributed by atoms with Gasteiger partial charge in [-0.3, -0.25) is 25.2 Å². The summed E-state index contributed by atoms with van der Waals surface area (Å²) in [6, 6.07) is 8.66.